The molecule has 7 nitrogen and oxygen atoms in total. The molecular formula is C21H26N2O5S. The second-order valence-corrected chi connectivity index (χ2v) is 9.34. The van der Waals surface area contributed by atoms with Crippen LogP contribution in [0.3, 0.4) is 0 Å². The highest BCUT2D eigenvalue weighted by Crippen LogP contribution is 2.23. The summed E-state index contributed by atoms with van der Waals surface area (Å²) in [6.07, 6.45) is -0.383. The average molecular weight is 419 g/mol. The Labute approximate surface area is 171 Å². The van der Waals surface area contributed by atoms with Crippen LogP contribution < -0.4 is 5.32 Å². The van der Waals surface area contributed by atoms with Gasteiger partial charge in [-0.05, 0) is 56.7 Å². The van der Waals surface area contributed by atoms with Gasteiger partial charge in [0.25, 0.3) is 5.91 Å². The molecule has 3 unspecified atom stereocenters. The molecule has 8 heteroatoms. The van der Waals surface area contributed by atoms with E-state index in [4.69, 9.17) is 4.74 Å². The molecule has 1 saturated heterocycles. The highest BCUT2D eigenvalue weighted by atomic mass is 32.2. The molecule has 1 aliphatic rings. The van der Waals surface area contributed by atoms with Crippen LogP contribution in [0.5, 0.6) is 5.75 Å². The number of benzene rings is 2. The van der Waals surface area contributed by atoms with E-state index in [0.29, 0.717) is 0 Å². The van der Waals surface area contributed by atoms with E-state index < -0.39 is 10.0 Å². The van der Waals surface area contributed by atoms with Crippen molar-refractivity contribution in [1.82, 2.24) is 9.62 Å². The number of nitrogens with one attached hydrogen (secondary N) is 1. The third-order valence-electron chi connectivity index (χ3n) is 4.84. The van der Waals surface area contributed by atoms with Gasteiger partial charge in [0.2, 0.25) is 10.0 Å². The standard InChI is InChI=1S/C21H26N2O5S/c1-14-12-23(13-15(2)28-14)29(26,27)20-9-5-7-18(11-20)21(25)22-16(3)17-6-4-8-19(24)10-17/h4-11,14-16,24H,12-13H2,1-3H3,(H,22,25). The lowest BCUT2D eigenvalue weighted by Crippen LogP contribution is -2.48. The molecule has 0 aliphatic carbocycles. The van der Waals surface area contributed by atoms with Crippen LogP contribution in [0.4, 0.5) is 0 Å². The number of aromatic hydroxyl groups is 1. The van der Waals surface area contributed by atoms with E-state index in [9.17, 15) is 18.3 Å². The van der Waals surface area contributed by atoms with E-state index >= 15 is 0 Å². The van der Waals surface area contributed by atoms with Crippen molar-refractivity contribution in [1.29, 1.82) is 0 Å². The topological polar surface area (TPSA) is 95.9 Å². The molecule has 0 radical (unpaired) electrons. The fourth-order valence-corrected chi connectivity index (χ4v) is 5.07. The number of hydrogen-bond donors (Lipinski definition) is 2. The lowest BCUT2D eigenvalue weighted by Gasteiger charge is -2.34. The summed E-state index contributed by atoms with van der Waals surface area (Å²) in [4.78, 5) is 12.8. The maximum atomic E-state index is 13.0. The summed E-state index contributed by atoms with van der Waals surface area (Å²) in [7, 11) is -3.73. The minimum absolute atomic E-state index is 0.0801. The number of ether oxygens (including phenoxy) is 1. The number of phenols is 1. The summed E-state index contributed by atoms with van der Waals surface area (Å²) in [6, 6.07) is 12.3. The number of hydrogen-bond acceptors (Lipinski definition) is 5. The van der Waals surface area contributed by atoms with Gasteiger partial charge in [0, 0.05) is 18.7 Å². The zero-order valence-corrected chi connectivity index (χ0v) is 17.5. The van der Waals surface area contributed by atoms with Crippen molar-refractivity contribution >= 4 is 15.9 Å². The molecule has 3 atom stereocenters. The van der Waals surface area contributed by atoms with Gasteiger partial charge in [-0.1, -0.05) is 18.2 Å². The summed E-state index contributed by atoms with van der Waals surface area (Å²) in [6.45, 7) is 6.02. The SMILES string of the molecule is CC1CN(S(=O)(=O)c2cccc(C(=O)NC(C)c3cccc(O)c3)c2)CC(C)O1. The lowest BCUT2D eigenvalue weighted by molar-refractivity contribution is -0.0440. The van der Waals surface area contributed by atoms with Crippen molar-refractivity contribution in [3.05, 3.63) is 59.7 Å². The number of sulfonamides is 1. The zero-order chi connectivity index (χ0) is 21.2. The molecule has 29 heavy (non-hydrogen) atoms. The summed E-state index contributed by atoms with van der Waals surface area (Å²) >= 11 is 0. The van der Waals surface area contributed by atoms with Crippen LogP contribution in [-0.2, 0) is 14.8 Å². The molecule has 0 bridgehead atoms. The molecule has 0 saturated carbocycles. The maximum Gasteiger partial charge on any atom is 0.251 e. The van der Waals surface area contributed by atoms with Crippen LogP contribution in [0.25, 0.3) is 0 Å². The molecule has 156 valence electrons. The fourth-order valence-electron chi connectivity index (χ4n) is 3.43. The van der Waals surface area contributed by atoms with Crippen molar-refractivity contribution in [3.8, 4) is 5.75 Å². The van der Waals surface area contributed by atoms with Gasteiger partial charge in [-0.25, -0.2) is 8.42 Å². The van der Waals surface area contributed by atoms with Crippen LogP contribution in [0, 0.1) is 0 Å². The first-order valence-corrected chi connectivity index (χ1v) is 11.0. The van der Waals surface area contributed by atoms with Crippen molar-refractivity contribution < 1.29 is 23.1 Å². The van der Waals surface area contributed by atoms with Gasteiger partial charge in [0.1, 0.15) is 5.75 Å². The van der Waals surface area contributed by atoms with Crippen LogP contribution >= 0.6 is 0 Å². The van der Waals surface area contributed by atoms with Crippen molar-refractivity contribution in [2.24, 2.45) is 0 Å². The highest BCUT2D eigenvalue weighted by Gasteiger charge is 2.32. The van der Waals surface area contributed by atoms with Crippen molar-refractivity contribution in [2.75, 3.05) is 13.1 Å². The molecular weight excluding hydrogens is 392 g/mol. The van der Waals surface area contributed by atoms with Crippen molar-refractivity contribution in [2.45, 2.75) is 43.9 Å². The van der Waals surface area contributed by atoms with Gasteiger partial charge >= 0.3 is 0 Å². The highest BCUT2D eigenvalue weighted by molar-refractivity contribution is 7.89. The Morgan fingerprint density at radius 2 is 1.79 bits per heavy atom. The third-order valence-corrected chi connectivity index (χ3v) is 6.67. The third kappa shape index (κ3) is 4.95. The molecule has 1 heterocycles. The Bertz CT molecular complexity index is 982. The summed E-state index contributed by atoms with van der Waals surface area (Å²) in [5, 5.41) is 12.4. The van der Waals surface area contributed by atoms with Gasteiger partial charge in [-0.3, -0.25) is 4.79 Å². The minimum Gasteiger partial charge on any atom is -0.508 e. The van der Waals surface area contributed by atoms with E-state index in [1.807, 2.05) is 13.8 Å². The van der Waals surface area contributed by atoms with Gasteiger partial charge in [-0.15, -0.1) is 0 Å². The molecule has 3 rings (SSSR count). The Kier molecular flexibility index (Phi) is 6.26. The van der Waals surface area contributed by atoms with E-state index in [2.05, 4.69) is 5.32 Å². The number of amides is 1. The maximum absolute atomic E-state index is 13.0. The van der Waals surface area contributed by atoms with Crippen LogP contribution in [0.15, 0.2) is 53.4 Å². The van der Waals surface area contributed by atoms with Gasteiger partial charge in [-0.2, -0.15) is 4.31 Å². The summed E-state index contributed by atoms with van der Waals surface area (Å²) in [5.74, 6) is -0.271. The average Bonchev–Trinajstić information content (AvgIpc) is 2.67. The summed E-state index contributed by atoms with van der Waals surface area (Å²) < 4.78 is 33.1. The smallest absolute Gasteiger partial charge is 0.251 e. The fraction of sp³-hybridized carbons (Fsp3) is 0.381. The molecule has 1 fully saturated rings. The molecule has 2 aromatic rings. The minimum atomic E-state index is -3.73. The largest absolute Gasteiger partial charge is 0.508 e. The predicted molar refractivity (Wildman–Crippen MR) is 109 cm³/mol. The molecule has 2 aromatic carbocycles. The number of carbonyl (C=O) groups is 1. The van der Waals surface area contributed by atoms with Gasteiger partial charge < -0.3 is 15.2 Å². The number of morpholine rings is 1. The second-order valence-electron chi connectivity index (χ2n) is 7.40. The molecule has 0 aromatic heterocycles. The Hall–Kier alpha value is -2.42. The Morgan fingerprint density at radius 1 is 1.14 bits per heavy atom. The lowest BCUT2D eigenvalue weighted by atomic mass is 10.1. The quantitative estimate of drug-likeness (QED) is 0.778. The van der Waals surface area contributed by atoms with Crippen LogP contribution in [0.2, 0.25) is 0 Å². The van der Waals surface area contributed by atoms with Gasteiger partial charge in [0.15, 0.2) is 0 Å². The summed E-state index contributed by atoms with van der Waals surface area (Å²) in [5.41, 5.74) is 1.01. The Balaban J connectivity index is 1.79. The number of nitrogens with zero attached hydrogens (tertiary/aromatic N) is 1. The molecule has 2 N–H and O–H groups in total. The van der Waals surface area contributed by atoms with E-state index in [0.717, 1.165) is 5.56 Å². The molecule has 1 aliphatic heterocycles. The number of phenolic OH excluding ortho intramolecular Hbond substituents is 1. The second kappa shape index (κ2) is 8.52. The first-order valence-electron chi connectivity index (χ1n) is 9.52. The Morgan fingerprint density at radius 3 is 2.45 bits per heavy atom. The predicted octanol–water partition coefficient (Wildman–Crippen LogP) is 2.68. The monoisotopic (exact) mass is 418 g/mol. The normalized spacial score (nSPS) is 21.5. The van der Waals surface area contributed by atoms with Crippen molar-refractivity contribution in [3.63, 3.8) is 0 Å². The zero-order valence-electron chi connectivity index (χ0n) is 16.7. The molecule has 1 amide bonds. The van der Waals surface area contributed by atoms with E-state index in [-0.39, 0.29) is 53.5 Å². The number of rotatable bonds is 5. The van der Waals surface area contributed by atoms with E-state index in [1.165, 1.54) is 16.4 Å². The number of carbonyl (C=O) groups excluding carboxylic acids is 1. The molecule has 0 spiro atoms. The first kappa shape index (κ1) is 21.3. The first-order chi connectivity index (χ1) is 13.7. The van der Waals surface area contributed by atoms with Crippen LogP contribution in [0.1, 0.15) is 42.7 Å². The van der Waals surface area contributed by atoms with E-state index in [1.54, 1.807) is 43.3 Å². The van der Waals surface area contributed by atoms with Gasteiger partial charge in [0.05, 0.1) is 23.1 Å². The van der Waals surface area contributed by atoms with Crippen LogP contribution in [-0.4, -0.2) is 49.0 Å².